The van der Waals surface area contributed by atoms with Crippen molar-refractivity contribution in [3.05, 3.63) is 53.5 Å². The van der Waals surface area contributed by atoms with Crippen molar-refractivity contribution in [2.24, 2.45) is 0 Å². The van der Waals surface area contributed by atoms with Gasteiger partial charge in [0.05, 0.1) is 12.7 Å². The smallest absolute Gasteiger partial charge is 0.307 e. The van der Waals surface area contributed by atoms with Gasteiger partial charge in [-0.1, -0.05) is 18.2 Å². The predicted octanol–water partition coefficient (Wildman–Crippen LogP) is 3.40. The zero-order valence-electron chi connectivity index (χ0n) is 13.6. The summed E-state index contributed by atoms with van der Waals surface area (Å²) in [5.41, 5.74) is 2.69. The van der Waals surface area contributed by atoms with Crippen LogP contribution in [0.5, 0.6) is 0 Å². The minimum atomic E-state index is -0.849. The van der Waals surface area contributed by atoms with Crippen LogP contribution in [0.25, 0.3) is 0 Å². The monoisotopic (exact) mass is 315 g/mol. The molecule has 0 saturated heterocycles. The first-order chi connectivity index (χ1) is 11.0. The Hall–Kier alpha value is -2.56. The van der Waals surface area contributed by atoms with Gasteiger partial charge in [-0.05, 0) is 44.0 Å². The fourth-order valence-corrected chi connectivity index (χ4v) is 2.23. The van der Waals surface area contributed by atoms with Crippen LogP contribution in [-0.2, 0) is 20.7 Å². The van der Waals surface area contributed by atoms with Crippen molar-refractivity contribution in [2.75, 3.05) is 5.32 Å². The molecule has 1 heterocycles. The molecular weight excluding hydrogens is 294 g/mol. The molecular formula is C18H21NO4. The average molecular weight is 315 g/mol. The molecule has 1 amide bonds. The topological polar surface area (TPSA) is 68.5 Å². The van der Waals surface area contributed by atoms with Gasteiger partial charge in [0.25, 0.3) is 5.91 Å². The summed E-state index contributed by atoms with van der Waals surface area (Å²) in [6, 6.07) is 9.33. The average Bonchev–Trinajstić information content (AvgIpc) is 3.02. The van der Waals surface area contributed by atoms with Crippen LogP contribution in [0.4, 0.5) is 5.69 Å². The van der Waals surface area contributed by atoms with E-state index in [4.69, 9.17) is 9.15 Å². The molecule has 5 heteroatoms. The van der Waals surface area contributed by atoms with Gasteiger partial charge < -0.3 is 14.5 Å². The highest BCUT2D eigenvalue weighted by Gasteiger charge is 2.19. The number of esters is 1. The minimum Gasteiger partial charge on any atom is -0.469 e. The summed E-state index contributed by atoms with van der Waals surface area (Å²) in [5.74, 6) is -0.0473. The van der Waals surface area contributed by atoms with E-state index in [1.54, 1.807) is 25.3 Å². The largest absolute Gasteiger partial charge is 0.469 e. The molecule has 0 aliphatic heterocycles. The normalized spacial score (nSPS) is 11.8. The third-order valence-electron chi connectivity index (χ3n) is 3.56. The quantitative estimate of drug-likeness (QED) is 0.830. The molecule has 0 bridgehead atoms. The number of hydrogen-bond donors (Lipinski definition) is 1. The number of ether oxygens (including phenoxy) is 1. The van der Waals surface area contributed by atoms with E-state index in [-0.39, 0.29) is 12.3 Å². The molecule has 5 nitrogen and oxygen atoms in total. The number of carbonyl (C=O) groups is 2. The van der Waals surface area contributed by atoms with Crippen molar-refractivity contribution in [1.29, 1.82) is 0 Å². The SMILES string of the molecule is Cc1cccc(C)c1NC(=O)[C@H](C)OC(=O)CCc1ccco1. The molecule has 0 unspecified atom stereocenters. The zero-order valence-corrected chi connectivity index (χ0v) is 13.6. The highest BCUT2D eigenvalue weighted by molar-refractivity contribution is 5.96. The summed E-state index contributed by atoms with van der Waals surface area (Å²) in [6.07, 6.45) is 1.34. The van der Waals surface area contributed by atoms with E-state index in [1.165, 1.54) is 0 Å². The van der Waals surface area contributed by atoms with E-state index < -0.39 is 12.1 Å². The molecule has 2 aromatic rings. The lowest BCUT2D eigenvalue weighted by atomic mass is 10.1. The summed E-state index contributed by atoms with van der Waals surface area (Å²) in [6.45, 7) is 5.40. The molecule has 1 N–H and O–H groups in total. The molecule has 0 saturated carbocycles. The number of benzene rings is 1. The van der Waals surface area contributed by atoms with E-state index in [0.717, 1.165) is 22.6 Å². The van der Waals surface area contributed by atoms with Crippen LogP contribution in [0.15, 0.2) is 41.0 Å². The molecule has 1 aromatic heterocycles. The van der Waals surface area contributed by atoms with E-state index in [2.05, 4.69) is 5.32 Å². The number of para-hydroxylation sites is 1. The number of aryl methyl sites for hydroxylation is 3. The van der Waals surface area contributed by atoms with Gasteiger partial charge in [-0.2, -0.15) is 0 Å². The van der Waals surface area contributed by atoms with Crippen molar-refractivity contribution >= 4 is 17.6 Å². The fraction of sp³-hybridized carbons (Fsp3) is 0.333. The minimum absolute atomic E-state index is 0.175. The Balaban J connectivity index is 1.86. The van der Waals surface area contributed by atoms with Crippen LogP contribution >= 0.6 is 0 Å². The van der Waals surface area contributed by atoms with Gasteiger partial charge in [0.15, 0.2) is 6.10 Å². The summed E-state index contributed by atoms with van der Waals surface area (Å²) < 4.78 is 10.3. The zero-order chi connectivity index (χ0) is 16.8. The Kier molecular flexibility index (Phi) is 5.57. The van der Waals surface area contributed by atoms with E-state index in [0.29, 0.717) is 6.42 Å². The maximum absolute atomic E-state index is 12.2. The molecule has 1 aromatic carbocycles. The lowest BCUT2D eigenvalue weighted by molar-refractivity contribution is -0.153. The molecule has 0 radical (unpaired) electrons. The van der Waals surface area contributed by atoms with Crippen LogP contribution in [0.2, 0.25) is 0 Å². The lowest BCUT2D eigenvalue weighted by Crippen LogP contribution is -2.30. The number of anilines is 1. The summed E-state index contributed by atoms with van der Waals surface area (Å²) in [7, 11) is 0. The summed E-state index contributed by atoms with van der Waals surface area (Å²) >= 11 is 0. The highest BCUT2D eigenvalue weighted by atomic mass is 16.5. The second-order valence-corrected chi connectivity index (χ2v) is 5.47. The van der Waals surface area contributed by atoms with Gasteiger partial charge in [0, 0.05) is 12.1 Å². The molecule has 0 spiro atoms. The van der Waals surface area contributed by atoms with Crippen LogP contribution in [0, 0.1) is 13.8 Å². The number of carbonyl (C=O) groups excluding carboxylic acids is 2. The molecule has 122 valence electrons. The Bertz CT molecular complexity index is 656. The number of hydrogen-bond acceptors (Lipinski definition) is 4. The van der Waals surface area contributed by atoms with Crippen molar-refractivity contribution in [3.63, 3.8) is 0 Å². The van der Waals surface area contributed by atoms with E-state index >= 15 is 0 Å². The van der Waals surface area contributed by atoms with Gasteiger partial charge in [-0.15, -0.1) is 0 Å². The van der Waals surface area contributed by atoms with Crippen molar-refractivity contribution in [1.82, 2.24) is 0 Å². The van der Waals surface area contributed by atoms with Crippen LogP contribution in [-0.4, -0.2) is 18.0 Å². The Morgan fingerprint density at radius 2 is 1.87 bits per heavy atom. The van der Waals surface area contributed by atoms with Gasteiger partial charge in [0.2, 0.25) is 0 Å². The number of furan rings is 1. The Morgan fingerprint density at radius 3 is 2.48 bits per heavy atom. The number of amides is 1. The maximum atomic E-state index is 12.2. The first kappa shape index (κ1) is 16.8. The molecule has 0 aliphatic rings. The highest BCUT2D eigenvalue weighted by Crippen LogP contribution is 2.19. The number of nitrogens with one attached hydrogen (secondary N) is 1. The van der Waals surface area contributed by atoms with Crippen molar-refractivity contribution in [3.8, 4) is 0 Å². The molecule has 0 aliphatic carbocycles. The van der Waals surface area contributed by atoms with Crippen LogP contribution in [0.3, 0.4) is 0 Å². The summed E-state index contributed by atoms with van der Waals surface area (Å²) in [4.78, 5) is 24.0. The molecule has 2 rings (SSSR count). The Morgan fingerprint density at radius 1 is 1.17 bits per heavy atom. The third-order valence-corrected chi connectivity index (χ3v) is 3.56. The molecule has 23 heavy (non-hydrogen) atoms. The van der Waals surface area contributed by atoms with Gasteiger partial charge in [0.1, 0.15) is 5.76 Å². The third kappa shape index (κ3) is 4.71. The second kappa shape index (κ2) is 7.63. The van der Waals surface area contributed by atoms with E-state index in [9.17, 15) is 9.59 Å². The van der Waals surface area contributed by atoms with Gasteiger partial charge >= 0.3 is 5.97 Å². The van der Waals surface area contributed by atoms with Crippen molar-refractivity contribution in [2.45, 2.75) is 39.7 Å². The number of rotatable bonds is 6. The van der Waals surface area contributed by atoms with E-state index in [1.807, 2.05) is 32.0 Å². The second-order valence-electron chi connectivity index (χ2n) is 5.47. The fourth-order valence-electron chi connectivity index (χ4n) is 2.23. The van der Waals surface area contributed by atoms with Gasteiger partial charge in [-0.25, -0.2) is 0 Å². The van der Waals surface area contributed by atoms with Crippen molar-refractivity contribution < 1.29 is 18.7 Å². The first-order valence-corrected chi connectivity index (χ1v) is 7.56. The predicted molar refractivity (Wildman–Crippen MR) is 87.1 cm³/mol. The summed E-state index contributed by atoms with van der Waals surface area (Å²) in [5, 5.41) is 2.82. The molecule has 1 atom stereocenters. The maximum Gasteiger partial charge on any atom is 0.307 e. The van der Waals surface area contributed by atoms with Crippen LogP contribution < -0.4 is 5.32 Å². The first-order valence-electron chi connectivity index (χ1n) is 7.56. The lowest BCUT2D eigenvalue weighted by Gasteiger charge is -2.16. The van der Waals surface area contributed by atoms with Crippen LogP contribution in [0.1, 0.15) is 30.2 Å². The Labute approximate surface area is 135 Å². The van der Waals surface area contributed by atoms with Gasteiger partial charge in [-0.3, -0.25) is 9.59 Å². The molecule has 0 fully saturated rings. The standard InChI is InChI=1S/C18H21NO4/c1-12-6-4-7-13(2)17(12)19-18(21)14(3)23-16(20)10-9-15-8-5-11-22-15/h4-8,11,14H,9-10H2,1-3H3,(H,19,21)/t14-/m0/s1.